The molecule has 5 aromatic rings. The summed E-state index contributed by atoms with van der Waals surface area (Å²) < 4.78 is 2.27. The van der Waals surface area contributed by atoms with Gasteiger partial charge in [0, 0.05) is 40.5 Å². The molecule has 2 heterocycles. The predicted octanol–water partition coefficient (Wildman–Crippen LogP) is 6.74. The second-order valence-electron chi connectivity index (χ2n) is 10.7. The Balaban J connectivity index is 1.33. The Kier molecular flexibility index (Phi) is 8.05. The SMILES string of the molecule is C=CCO/N=C1\CC(C(=O)Nc2ccc3c(c2)c2ccccc2n3CC)N(C(=O)C(c2ccccc2)c2ccccc2)C1. The molecule has 216 valence electrons. The highest BCUT2D eigenvalue weighted by molar-refractivity contribution is 6.11. The van der Waals surface area contributed by atoms with Gasteiger partial charge in [0.2, 0.25) is 11.8 Å². The molecule has 1 N–H and O–H groups in total. The van der Waals surface area contributed by atoms with Crippen LogP contribution in [0.1, 0.15) is 30.4 Å². The molecule has 6 rings (SSSR count). The van der Waals surface area contributed by atoms with Crippen molar-refractivity contribution >= 4 is 45.0 Å². The summed E-state index contributed by atoms with van der Waals surface area (Å²) in [6.45, 7) is 7.09. The molecule has 1 saturated heterocycles. The number of anilines is 1. The number of nitrogens with one attached hydrogen (secondary N) is 1. The number of benzene rings is 4. The van der Waals surface area contributed by atoms with Crippen LogP contribution in [-0.4, -0.2) is 46.2 Å². The highest BCUT2D eigenvalue weighted by atomic mass is 16.6. The van der Waals surface area contributed by atoms with Gasteiger partial charge in [0.1, 0.15) is 12.6 Å². The number of likely N-dealkylation sites (tertiary alicyclic amines) is 1. The standard InChI is InChI=1S/C36H34N4O3/c1-3-21-43-38-28-23-33(40(24-28)36(42)34(25-13-7-5-8-14-25)26-15-9-6-10-16-26)35(41)37-27-19-20-32-30(22-27)29-17-11-12-18-31(29)39(32)4-2/h3,5-20,22,33-34H,1,4,21,23-24H2,2H3,(H,37,41)/b38-28+. The number of para-hydroxylation sites is 1. The first kappa shape index (κ1) is 28.0. The number of fused-ring (bicyclic) bond motifs is 3. The molecule has 4 aromatic carbocycles. The largest absolute Gasteiger partial charge is 0.392 e. The van der Waals surface area contributed by atoms with Crippen molar-refractivity contribution in [1.29, 1.82) is 0 Å². The fraction of sp³-hybridized carbons (Fsp3) is 0.194. The zero-order chi connectivity index (χ0) is 29.8. The maximum Gasteiger partial charge on any atom is 0.247 e. The molecule has 0 saturated carbocycles. The number of hydrogen-bond acceptors (Lipinski definition) is 4. The molecule has 0 bridgehead atoms. The van der Waals surface area contributed by atoms with Crippen LogP contribution in [0, 0.1) is 0 Å². The van der Waals surface area contributed by atoms with Gasteiger partial charge in [0.05, 0.1) is 18.2 Å². The third-order valence-electron chi connectivity index (χ3n) is 8.00. The Labute approximate surface area is 251 Å². The molecular weight excluding hydrogens is 536 g/mol. The van der Waals surface area contributed by atoms with Crippen molar-refractivity contribution in [2.75, 3.05) is 18.5 Å². The molecule has 1 aromatic heterocycles. The van der Waals surface area contributed by atoms with E-state index in [9.17, 15) is 9.59 Å². The zero-order valence-corrected chi connectivity index (χ0v) is 24.1. The number of hydrogen-bond donors (Lipinski definition) is 1. The van der Waals surface area contributed by atoms with E-state index < -0.39 is 12.0 Å². The predicted molar refractivity (Wildman–Crippen MR) is 172 cm³/mol. The Morgan fingerprint density at radius 2 is 1.58 bits per heavy atom. The lowest BCUT2D eigenvalue weighted by molar-refractivity contribution is -0.137. The van der Waals surface area contributed by atoms with Gasteiger partial charge in [-0.15, -0.1) is 0 Å². The number of rotatable bonds is 9. The van der Waals surface area contributed by atoms with Crippen LogP contribution in [-0.2, 0) is 21.0 Å². The first-order chi connectivity index (χ1) is 21.1. The van der Waals surface area contributed by atoms with E-state index in [-0.39, 0.29) is 31.4 Å². The van der Waals surface area contributed by atoms with E-state index in [1.165, 1.54) is 0 Å². The lowest BCUT2D eigenvalue weighted by Gasteiger charge is -2.28. The second kappa shape index (κ2) is 12.4. The molecule has 1 fully saturated rings. The van der Waals surface area contributed by atoms with E-state index in [2.05, 4.69) is 40.7 Å². The number of aromatic nitrogens is 1. The van der Waals surface area contributed by atoms with Crippen LogP contribution >= 0.6 is 0 Å². The number of oxime groups is 1. The fourth-order valence-electron chi connectivity index (χ4n) is 6.05. The third kappa shape index (κ3) is 5.54. The molecule has 7 nitrogen and oxygen atoms in total. The molecule has 0 spiro atoms. The van der Waals surface area contributed by atoms with Gasteiger partial charge in [-0.3, -0.25) is 9.59 Å². The quantitative estimate of drug-likeness (QED) is 0.121. The number of carbonyl (C=O) groups excluding carboxylic acids is 2. The van der Waals surface area contributed by atoms with Gasteiger partial charge in [-0.2, -0.15) is 0 Å². The number of amides is 2. The highest BCUT2D eigenvalue weighted by Crippen LogP contribution is 2.33. The van der Waals surface area contributed by atoms with Crippen LogP contribution in [0.3, 0.4) is 0 Å². The van der Waals surface area contributed by atoms with Crippen molar-refractivity contribution in [3.63, 3.8) is 0 Å². The van der Waals surface area contributed by atoms with E-state index in [1.54, 1.807) is 11.0 Å². The summed E-state index contributed by atoms with van der Waals surface area (Å²) in [6.07, 6.45) is 1.89. The average molecular weight is 571 g/mol. The smallest absolute Gasteiger partial charge is 0.247 e. The lowest BCUT2D eigenvalue weighted by Crippen LogP contribution is -2.45. The first-order valence-electron chi connectivity index (χ1n) is 14.6. The van der Waals surface area contributed by atoms with Gasteiger partial charge in [0.25, 0.3) is 0 Å². The summed E-state index contributed by atoms with van der Waals surface area (Å²) in [5.41, 5.74) is 5.32. The molecule has 1 aliphatic heterocycles. The number of carbonyl (C=O) groups is 2. The summed E-state index contributed by atoms with van der Waals surface area (Å²) in [5, 5.41) is 9.56. The van der Waals surface area contributed by atoms with Gasteiger partial charge in [-0.05, 0) is 42.3 Å². The van der Waals surface area contributed by atoms with Gasteiger partial charge in [0.15, 0.2) is 0 Å². The summed E-state index contributed by atoms with van der Waals surface area (Å²) >= 11 is 0. The van der Waals surface area contributed by atoms with E-state index in [1.807, 2.05) is 91.0 Å². The van der Waals surface area contributed by atoms with Crippen molar-refractivity contribution in [3.8, 4) is 0 Å². The molecule has 2 amide bonds. The third-order valence-corrected chi connectivity index (χ3v) is 8.00. The van der Waals surface area contributed by atoms with Gasteiger partial charge in [-0.25, -0.2) is 0 Å². The van der Waals surface area contributed by atoms with Crippen LogP contribution in [0.5, 0.6) is 0 Å². The molecule has 43 heavy (non-hydrogen) atoms. The molecule has 1 atom stereocenters. The highest BCUT2D eigenvalue weighted by Gasteiger charge is 2.41. The minimum atomic E-state index is -0.749. The van der Waals surface area contributed by atoms with Crippen LogP contribution < -0.4 is 5.32 Å². The maximum atomic E-state index is 14.4. The molecule has 0 radical (unpaired) electrons. The Morgan fingerprint density at radius 3 is 2.26 bits per heavy atom. The van der Waals surface area contributed by atoms with Crippen molar-refractivity contribution in [2.24, 2.45) is 5.16 Å². The summed E-state index contributed by atoms with van der Waals surface area (Å²) in [4.78, 5) is 35.3. The topological polar surface area (TPSA) is 75.9 Å². The van der Waals surface area contributed by atoms with E-state index >= 15 is 0 Å². The Hall–Kier alpha value is -5.17. The van der Waals surface area contributed by atoms with Crippen molar-refractivity contribution in [1.82, 2.24) is 9.47 Å². The molecule has 0 aliphatic carbocycles. The molecule has 7 heteroatoms. The van der Waals surface area contributed by atoms with Crippen LogP contribution in [0.25, 0.3) is 21.8 Å². The molecule has 1 unspecified atom stereocenters. The van der Waals surface area contributed by atoms with E-state index in [4.69, 9.17) is 4.84 Å². The van der Waals surface area contributed by atoms with Crippen molar-refractivity contribution < 1.29 is 14.4 Å². The van der Waals surface area contributed by atoms with Crippen LogP contribution in [0.2, 0.25) is 0 Å². The summed E-state index contributed by atoms with van der Waals surface area (Å²) in [5.74, 6) is -0.990. The minimum absolute atomic E-state index is 0.159. The normalized spacial score (nSPS) is 15.8. The van der Waals surface area contributed by atoms with Crippen LogP contribution in [0.15, 0.2) is 121 Å². The summed E-state index contributed by atoms with van der Waals surface area (Å²) in [7, 11) is 0. The maximum absolute atomic E-state index is 14.4. The number of aryl methyl sites for hydroxylation is 1. The Morgan fingerprint density at radius 1 is 0.930 bits per heavy atom. The Bertz CT molecular complexity index is 1770. The van der Waals surface area contributed by atoms with Gasteiger partial charge < -0.3 is 19.6 Å². The zero-order valence-electron chi connectivity index (χ0n) is 24.1. The summed E-state index contributed by atoms with van der Waals surface area (Å²) in [6, 6.07) is 32.9. The van der Waals surface area contributed by atoms with Crippen molar-refractivity contribution in [3.05, 3.63) is 127 Å². The van der Waals surface area contributed by atoms with Gasteiger partial charge in [-0.1, -0.05) is 96.7 Å². The number of nitrogens with zero attached hydrogens (tertiary/aromatic N) is 3. The second-order valence-corrected chi connectivity index (χ2v) is 10.7. The van der Waals surface area contributed by atoms with Crippen molar-refractivity contribution in [2.45, 2.75) is 31.8 Å². The lowest BCUT2D eigenvalue weighted by atomic mass is 9.90. The fourth-order valence-corrected chi connectivity index (χ4v) is 6.05. The monoisotopic (exact) mass is 570 g/mol. The van der Waals surface area contributed by atoms with E-state index in [0.29, 0.717) is 11.4 Å². The first-order valence-corrected chi connectivity index (χ1v) is 14.6. The molecule has 1 aliphatic rings. The average Bonchev–Trinajstić information content (AvgIpc) is 3.61. The van der Waals surface area contributed by atoms with Crippen LogP contribution in [0.4, 0.5) is 5.69 Å². The van der Waals surface area contributed by atoms with E-state index in [0.717, 1.165) is 39.5 Å². The van der Waals surface area contributed by atoms with Gasteiger partial charge >= 0.3 is 0 Å². The molecular formula is C36H34N4O3. The minimum Gasteiger partial charge on any atom is -0.392 e.